The van der Waals surface area contributed by atoms with Crippen LogP contribution in [-0.2, 0) is 12.3 Å². The summed E-state index contributed by atoms with van der Waals surface area (Å²) in [5.74, 6) is -3.08. The minimum Gasteiger partial charge on any atom is -0.328 e. The first kappa shape index (κ1) is 11.5. The van der Waals surface area contributed by atoms with Crippen molar-refractivity contribution in [3.05, 3.63) is 35.4 Å². The Labute approximate surface area is 94.7 Å². The quantitative estimate of drug-likeness (QED) is 0.837. The zero-order valence-corrected chi connectivity index (χ0v) is 9.42. The van der Waals surface area contributed by atoms with Gasteiger partial charge < -0.3 is 5.73 Å². The molecule has 1 atom stereocenters. The third-order valence-electron chi connectivity index (χ3n) is 2.99. The van der Waals surface area contributed by atoms with Gasteiger partial charge >= 0.3 is 0 Å². The van der Waals surface area contributed by atoms with E-state index < -0.39 is 11.8 Å². The van der Waals surface area contributed by atoms with E-state index >= 15 is 0 Å². The van der Waals surface area contributed by atoms with Gasteiger partial charge in [0.25, 0.3) is 5.92 Å². The molecule has 1 aromatic rings. The van der Waals surface area contributed by atoms with Gasteiger partial charge in [0.15, 0.2) is 0 Å². The summed E-state index contributed by atoms with van der Waals surface area (Å²) in [7, 11) is 0. The molecule has 2 N–H and O–H groups in total. The first-order valence-electron chi connectivity index (χ1n) is 5.73. The van der Waals surface area contributed by atoms with Crippen molar-refractivity contribution in [3.63, 3.8) is 0 Å². The highest BCUT2D eigenvalue weighted by Crippen LogP contribution is 2.49. The van der Waals surface area contributed by atoms with Crippen molar-refractivity contribution in [2.75, 3.05) is 0 Å². The number of rotatable bonds is 4. The second kappa shape index (κ2) is 4.13. The summed E-state index contributed by atoms with van der Waals surface area (Å²) in [6.07, 6.45) is 2.03. The Bertz CT molecular complexity index is 353. The topological polar surface area (TPSA) is 26.0 Å². The zero-order chi connectivity index (χ0) is 11.8. The van der Waals surface area contributed by atoms with Gasteiger partial charge in [-0.25, -0.2) is 8.78 Å². The lowest BCUT2D eigenvalue weighted by Crippen LogP contribution is -2.18. The fourth-order valence-corrected chi connectivity index (χ4v) is 1.92. The summed E-state index contributed by atoms with van der Waals surface area (Å²) >= 11 is 0. The molecular weight excluding hydrogens is 208 g/mol. The van der Waals surface area contributed by atoms with Crippen molar-refractivity contribution in [2.45, 2.75) is 38.2 Å². The van der Waals surface area contributed by atoms with Gasteiger partial charge in [-0.05, 0) is 31.7 Å². The van der Waals surface area contributed by atoms with E-state index in [1.165, 1.54) is 12.1 Å². The predicted octanol–water partition coefficient (Wildman–Crippen LogP) is 3.08. The fourth-order valence-electron chi connectivity index (χ4n) is 1.92. The molecule has 1 fully saturated rings. The van der Waals surface area contributed by atoms with Gasteiger partial charge in [-0.1, -0.05) is 24.3 Å². The summed E-state index contributed by atoms with van der Waals surface area (Å²) in [6, 6.07) is 6.66. The lowest BCUT2D eigenvalue weighted by molar-refractivity contribution is -0.0285. The van der Waals surface area contributed by atoms with Crippen LogP contribution in [0, 0.1) is 5.92 Å². The van der Waals surface area contributed by atoms with Crippen LogP contribution in [-0.4, -0.2) is 6.04 Å². The molecule has 1 aromatic carbocycles. The van der Waals surface area contributed by atoms with E-state index in [9.17, 15) is 8.78 Å². The molecule has 0 saturated heterocycles. The molecule has 0 bridgehead atoms. The SMILES string of the molecule is CC(N)Cc1ccc(C(F)(F)C2CC2)cc1. The summed E-state index contributed by atoms with van der Waals surface area (Å²) < 4.78 is 27.4. The van der Waals surface area contributed by atoms with Gasteiger partial charge in [0.05, 0.1) is 0 Å². The smallest absolute Gasteiger partial charge is 0.276 e. The van der Waals surface area contributed by atoms with Crippen LogP contribution in [0.3, 0.4) is 0 Å². The minimum atomic E-state index is -2.65. The van der Waals surface area contributed by atoms with E-state index in [1.807, 2.05) is 6.92 Å². The molecule has 1 nitrogen and oxygen atoms in total. The van der Waals surface area contributed by atoms with E-state index in [-0.39, 0.29) is 11.6 Å². The third kappa shape index (κ3) is 2.40. The van der Waals surface area contributed by atoms with Crippen molar-refractivity contribution >= 4 is 0 Å². The lowest BCUT2D eigenvalue weighted by atomic mass is 10.0. The molecule has 0 aliphatic heterocycles. The van der Waals surface area contributed by atoms with E-state index in [0.717, 1.165) is 12.0 Å². The normalized spacial score (nSPS) is 18.5. The molecule has 3 heteroatoms. The Morgan fingerprint density at radius 1 is 1.31 bits per heavy atom. The average Bonchev–Trinajstić information content (AvgIpc) is 3.00. The van der Waals surface area contributed by atoms with Gasteiger partial charge in [-0.2, -0.15) is 0 Å². The van der Waals surface area contributed by atoms with Crippen LogP contribution in [0.15, 0.2) is 24.3 Å². The Hall–Kier alpha value is -0.960. The van der Waals surface area contributed by atoms with Gasteiger partial charge in [-0.15, -0.1) is 0 Å². The molecule has 0 radical (unpaired) electrons. The fraction of sp³-hybridized carbons (Fsp3) is 0.538. The van der Waals surface area contributed by atoms with Gasteiger partial charge in [-0.3, -0.25) is 0 Å². The molecule has 1 unspecified atom stereocenters. The second-order valence-corrected chi connectivity index (χ2v) is 4.78. The summed E-state index contributed by atoms with van der Waals surface area (Å²) in [4.78, 5) is 0. The van der Waals surface area contributed by atoms with Crippen LogP contribution in [0.2, 0.25) is 0 Å². The van der Waals surface area contributed by atoms with Crippen LogP contribution in [0.5, 0.6) is 0 Å². The zero-order valence-electron chi connectivity index (χ0n) is 9.42. The highest BCUT2D eigenvalue weighted by atomic mass is 19.3. The average molecular weight is 225 g/mol. The second-order valence-electron chi connectivity index (χ2n) is 4.78. The molecule has 88 valence electrons. The maximum atomic E-state index is 13.7. The Morgan fingerprint density at radius 3 is 2.31 bits per heavy atom. The van der Waals surface area contributed by atoms with Crippen molar-refractivity contribution in [1.29, 1.82) is 0 Å². The van der Waals surface area contributed by atoms with Gasteiger partial charge in [0, 0.05) is 17.5 Å². The molecular formula is C13H17F2N. The maximum absolute atomic E-state index is 13.7. The van der Waals surface area contributed by atoms with Crippen LogP contribution in [0.1, 0.15) is 30.9 Å². The van der Waals surface area contributed by atoms with Gasteiger partial charge in [0.1, 0.15) is 0 Å². The first-order valence-corrected chi connectivity index (χ1v) is 5.73. The standard InChI is InChI=1S/C13H17F2N/c1-9(16)8-10-2-4-11(5-3-10)13(14,15)12-6-7-12/h2-5,9,12H,6-8,16H2,1H3. The lowest BCUT2D eigenvalue weighted by Gasteiger charge is -2.16. The molecule has 1 aliphatic rings. The van der Waals surface area contributed by atoms with Crippen LogP contribution in [0.4, 0.5) is 8.78 Å². The molecule has 16 heavy (non-hydrogen) atoms. The first-order chi connectivity index (χ1) is 7.50. The van der Waals surface area contributed by atoms with Crippen LogP contribution in [0.25, 0.3) is 0 Å². The Balaban J connectivity index is 2.12. The number of hydrogen-bond acceptors (Lipinski definition) is 1. The largest absolute Gasteiger partial charge is 0.328 e. The third-order valence-corrected chi connectivity index (χ3v) is 2.99. The molecule has 0 spiro atoms. The van der Waals surface area contributed by atoms with Crippen LogP contribution < -0.4 is 5.73 Å². The van der Waals surface area contributed by atoms with Gasteiger partial charge in [0.2, 0.25) is 0 Å². The number of alkyl halides is 2. The number of nitrogens with two attached hydrogens (primary N) is 1. The highest BCUT2D eigenvalue weighted by molar-refractivity contribution is 5.27. The molecule has 1 saturated carbocycles. The van der Waals surface area contributed by atoms with E-state index in [2.05, 4.69) is 0 Å². The predicted molar refractivity (Wildman–Crippen MR) is 60.4 cm³/mol. The molecule has 0 amide bonds. The van der Waals surface area contributed by atoms with E-state index in [4.69, 9.17) is 5.73 Å². The molecule has 1 aliphatic carbocycles. The van der Waals surface area contributed by atoms with E-state index in [0.29, 0.717) is 12.8 Å². The van der Waals surface area contributed by atoms with E-state index in [1.54, 1.807) is 12.1 Å². The van der Waals surface area contributed by atoms with Crippen molar-refractivity contribution in [1.82, 2.24) is 0 Å². The van der Waals surface area contributed by atoms with Crippen molar-refractivity contribution < 1.29 is 8.78 Å². The molecule has 0 heterocycles. The Morgan fingerprint density at radius 2 is 1.88 bits per heavy atom. The van der Waals surface area contributed by atoms with Crippen molar-refractivity contribution in [3.8, 4) is 0 Å². The number of benzene rings is 1. The summed E-state index contributed by atoms with van der Waals surface area (Å²) in [6.45, 7) is 1.91. The summed E-state index contributed by atoms with van der Waals surface area (Å²) in [5, 5.41) is 0. The maximum Gasteiger partial charge on any atom is 0.276 e. The monoisotopic (exact) mass is 225 g/mol. The minimum absolute atomic E-state index is 0.0646. The van der Waals surface area contributed by atoms with Crippen molar-refractivity contribution in [2.24, 2.45) is 11.7 Å². The number of halogens is 2. The molecule has 2 rings (SSSR count). The Kier molecular flexibility index (Phi) is 2.98. The molecule has 0 aromatic heterocycles. The number of hydrogen-bond donors (Lipinski definition) is 1. The summed E-state index contributed by atoms with van der Waals surface area (Å²) in [5.41, 5.74) is 6.82. The highest BCUT2D eigenvalue weighted by Gasteiger charge is 2.47. The van der Waals surface area contributed by atoms with Crippen LogP contribution >= 0.6 is 0 Å².